The Bertz CT molecular complexity index is 505. The largest absolute Gasteiger partial charge is 0.378 e. The minimum atomic E-state index is 0.0970. The van der Waals surface area contributed by atoms with Gasteiger partial charge in [0.2, 0.25) is 0 Å². The Morgan fingerprint density at radius 3 is 2.54 bits per heavy atom. The molecule has 5 nitrogen and oxygen atoms in total. The second kappa shape index (κ2) is 9.99. The summed E-state index contributed by atoms with van der Waals surface area (Å²) in [7, 11) is 1.79. The molecule has 0 aliphatic rings. The summed E-state index contributed by atoms with van der Waals surface area (Å²) in [5.41, 5.74) is 1.24. The average Bonchev–Trinajstić information content (AvgIpc) is 2.98. The number of hydrogen-bond acceptors (Lipinski definition) is 4. The van der Waals surface area contributed by atoms with E-state index < -0.39 is 0 Å². The predicted molar refractivity (Wildman–Crippen MR) is 104 cm³/mol. The van der Waals surface area contributed by atoms with Crippen molar-refractivity contribution in [2.75, 3.05) is 20.2 Å². The van der Waals surface area contributed by atoms with Crippen LogP contribution < -0.4 is 10.6 Å². The summed E-state index contributed by atoms with van der Waals surface area (Å²) < 4.78 is 5.77. The van der Waals surface area contributed by atoms with Crippen molar-refractivity contribution in [1.82, 2.24) is 15.6 Å². The molecule has 0 saturated carbocycles. The monoisotopic (exact) mass is 354 g/mol. The lowest BCUT2D eigenvalue weighted by Crippen LogP contribution is -2.39. The molecular weight excluding hydrogens is 320 g/mol. The van der Waals surface area contributed by atoms with E-state index in [0.29, 0.717) is 12.5 Å². The van der Waals surface area contributed by atoms with Crippen molar-refractivity contribution in [3.05, 3.63) is 16.1 Å². The second-order valence-corrected chi connectivity index (χ2v) is 8.20. The first kappa shape index (κ1) is 20.9. The van der Waals surface area contributed by atoms with Gasteiger partial charge in [-0.2, -0.15) is 0 Å². The van der Waals surface area contributed by atoms with E-state index in [-0.39, 0.29) is 11.5 Å². The number of guanidine groups is 1. The van der Waals surface area contributed by atoms with Gasteiger partial charge in [-0.15, -0.1) is 11.3 Å². The maximum Gasteiger partial charge on any atom is 0.191 e. The molecule has 1 aromatic heterocycles. The SMILES string of the molecule is CCOC(CCNC(=NC)NCc1nc(C(C)(C)C)cs1)C(C)C. The van der Waals surface area contributed by atoms with Crippen molar-refractivity contribution < 1.29 is 4.74 Å². The van der Waals surface area contributed by atoms with Gasteiger partial charge in [0, 0.05) is 31.0 Å². The lowest BCUT2D eigenvalue weighted by molar-refractivity contribution is 0.0258. The summed E-state index contributed by atoms with van der Waals surface area (Å²) in [6, 6.07) is 0. The van der Waals surface area contributed by atoms with Gasteiger partial charge in [-0.1, -0.05) is 34.6 Å². The van der Waals surface area contributed by atoms with Gasteiger partial charge in [0.1, 0.15) is 5.01 Å². The number of thiazole rings is 1. The van der Waals surface area contributed by atoms with Crippen LogP contribution in [0.25, 0.3) is 0 Å². The maximum absolute atomic E-state index is 5.77. The summed E-state index contributed by atoms with van der Waals surface area (Å²) in [6.07, 6.45) is 1.26. The highest BCUT2D eigenvalue weighted by Gasteiger charge is 2.17. The van der Waals surface area contributed by atoms with Crippen LogP contribution in [0.5, 0.6) is 0 Å². The van der Waals surface area contributed by atoms with Crippen LogP contribution in [0.3, 0.4) is 0 Å². The lowest BCUT2D eigenvalue weighted by Gasteiger charge is -2.21. The lowest BCUT2D eigenvalue weighted by atomic mass is 9.93. The third-order valence-electron chi connectivity index (χ3n) is 3.80. The van der Waals surface area contributed by atoms with E-state index in [1.165, 1.54) is 0 Å². The molecule has 24 heavy (non-hydrogen) atoms. The number of rotatable bonds is 8. The van der Waals surface area contributed by atoms with Crippen LogP contribution in [0.2, 0.25) is 0 Å². The zero-order valence-electron chi connectivity index (χ0n) is 16.3. The molecule has 0 radical (unpaired) electrons. The molecule has 0 aliphatic carbocycles. The topological polar surface area (TPSA) is 58.5 Å². The highest BCUT2D eigenvalue weighted by molar-refractivity contribution is 7.09. The van der Waals surface area contributed by atoms with E-state index in [1.54, 1.807) is 18.4 Å². The molecule has 0 fully saturated rings. The zero-order valence-corrected chi connectivity index (χ0v) is 17.1. The minimum absolute atomic E-state index is 0.0970. The van der Waals surface area contributed by atoms with Crippen LogP contribution in [0.15, 0.2) is 10.4 Å². The van der Waals surface area contributed by atoms with Crippen molar-refractivity contribution in [3.8, 4) is 0 Å². The molecule has 6 heteroatoms. The molecule has 2 N–H and O–H groups in total. The average molecular weight is 355 g/mol. The normalized spacial score (nSPS) is 14.1. The molecule has 1 rings (SSSR count). The van der Waals surface area contributed by atoms with Gasteiger partial charge in [-0.25, -0.2) is 4.98 Å². The van der Waals surface area contributed by atoms with Gasteiger partial charge in [0.25, 0.3) is 0 Å². The number of aliphatic imine (C=N–C) groups is 1. The third-order valence-corrected chi connectivity index (χ3v) is 4.65. The van der Waals surface area contributed by atoms with Crippen LogP contribution in [-0.4, -0.2) is 37.2 Å². The number of nitrogens with zero attached hydrogens (tertiary/aromatic N) is 2. The van der Waals surface area contributed by atoms with Gasteiger partial charge in [-0.05, 0) is 19.3 Å². The van der Waals surface area contributed by atoms with E-state index in [4.69, 9.17) is 9.72 Å². The molecule has 1 heterocycles. The van der Waals surface area contributed by atoms with Crippen molar-refractivity contribution >= 4 is 17.3 Å². The standard InChI is InChI=1S/C18H34N4OS/c1-8-23-14(13(2)3)9-10-20-17(19-7)21-11-16-22-15(12-24-16)18(4,5)6/h12-14H,8-11H2,1-7H3,(H2,19,20,21). The first-order chi connectivity index (χ1) is 11.3. The van der Waals surface area contributed by atoms with E-state index in [1.807, 2.05) is 6.92 Å². The molecule has 0 aromatic carbocycles. The summed E-state index contributed by atoms with van der Waals surface area (Å²) in [5, 5.41) is 9.91. The van der Waals surface area contributed by atoms with E-state index in [0.717, 1.165) is 36.2 Å². The Morgan fingerprint density at radius 1 is 1.33 bits per heavy atom. The molecule has 0 saturated heterocycles. The van der Waals surface area contributed by atoms with Crippen LogP contribution in [-0.2, 0) is 16.7 Å². The van der Waals surface area contributed by atoms with Crippen molar-refractivity contribution in [2.24, 2.45) is 10.9 Å². The fourth-order valence-corrected chi connectivity index (χ4v) is 3.23. The molecule has 0 aliphatic heterocycles. The first-order valence-corrected chi connectivity index (χ1v) is 9.66. The van der Waals surface area contributed by atoms with Crippen LogP contribution in [0.4, 0.5) is 0 Å². The molecule has 0 bridgehead atoms. The van der Waals surface area contributed by atoms with E-state index in [9.17, 15) is 0 Å². The molecule has 1 aromatic rings. The highest BCUT2D eigenvalue weighted by Crippen LogP contribution is 2.23. The molecule has 0 amide bonds. The molecule has 138 valence electrons. The Morgan fingerprint density at radius 2 is 2.04 bits per heavy atom. The molecule has 1 atom stereocenters. The van der Waals surface area contributed by atoms with Gasteiger partial charge in [-0.3, -0.25) is 4.99 Å². The van der Waals surface area contributed by atoms with E-state index >= 15 is 0 Å². The Hall–Kier alpha value is -1.14. The quantitative estimate of drug-likeness (QED) is 0.554. The maximum atomic E-state index is 5.77. The van der Waals surface area contributed by atoms with E-state index in [2.05, 4.69) is 55.6 Å². The second-order valence-electron chi connectivity index (χ2n) is 7.26. The van der Waals surface area contributed by atoms with Crippen LogP contribution >= 0.6 is 11.3 Å². The highest BCUT2D eigenvalue weighted by atomic mass is 32.1. The van der Waals surface area contributed by atoms with Crippen LogP contribution in [0, 0.1) is 5.92 Å². The fraction of sp³-hybridized carbons (Fsp3) is 0.778. The number of ether oxygens (including phenoxy) is 1. The number of aromatic nitrogens is 1. The fourth-order valence-electron chi connectivity index (χ4n) is 2.27. The van der Waals surface area contributed by atoms with Crippen molar-refractivity contribution in [3.63, 3.8) is 0 Å². The Balaban J connectivity index is 2.41. The summed E-state index contributed by atoms with van der Waals surface area (Å²) in [5.74, 6) is 1.33. The summed E-state index contributed by atoms with van der Waals surface area (Å²) in [6.45, 7) is 15.3. The predicted octanol–water partition coefficient (Wildman–Crippen LogP) is 3.56. The number of hydrogen-bond donors (Lipinski definition) is 2. The Kier molecular flexibility index (Phi) is 8.70. The van der Waals surface area contributed by atoms with Crippen molar-refractivity contribution in [2.45, 2.75) is 66.0 Å². The summed E-state index contributed by atoms with van der Waals surface area (Å²) >= 11 is 1.69. The van der Waals surface area contributed by atoms with Crippen LogP contribution in [0.1, 0.15) is 58.7 Å². The molecule has 1 unspecified atom stereocenters. The molecular formula is C18H34N4OS. The zero-order chi connectivity index (χ0) is 18.2. The summed E-state index contributed by atoms with van der Waals surface area (Å²) in [4.78, 5) is 8.97. The van der Waals surface area contributed by atoms with Gasteiger partial charge in [0.15, 0.2) is 5.96 Å². The van der Waals surface area contributed by atoms with Crippen molar-refractivity contribution in [1.29, 1.82) is 0 Å². The van der Waals surface area contributed by atoms with Gasteiger partial charge >= 0.3 is 0 Å². The van der Waals surface area contributed by atoms with Gasteiger partial charge in [0.05, 0.1) is 18.3 Å². The Labute approximate surface area is 151 Å². The first-order valence-electron chi connectivity index (χ1n) is 8.78. The molecule has 0 spiro atoms. The van der Waals surface area contributed by atoms with Gasteiger partial charge < -0.3 is 15.4 Å². The smallest absolute Gasteiger partial charge is 0.191 e. The third kappa shape index (κ3) is 7.18. The minimum Gasteiger partial charge on any atom is -0.378 e. The number of nitrogens with one attached hydrogen (secondary N) is 2.